The molecular weight excluding hydrogens is 320 g/mol. The summed E-state index contributed by atoms with van der Waals surface area (Å²) in [5, 5.41) is 9.35. The largest absolute Gasteiger partial charge is 0.487 e. The topological polar surface area (TPSA) is 73.6 Å². The van der Waals surface area contributed by atoms with Crippen LogP contribution >= 0.6 is 0 Å². The molecule has 1 heterocycles. The lowest BCUT2D eigenvalue weighted by Gasteiger charge is -2.34. The molecule has 0 bridgehead atoms. The number of hydrogen-bond donors (Lipinski definition) is 0. The third kappa shape index (κ3) is 5.72. The highest BCUT2D eigenvalue weighted by atomic mass is 16.5. The third-order valence-electron chi connectivity index (χ3n) is 3.91. The van der Waals surface area contributed by atoms with Gasteiger partial charge in [-0.1, -0.05) is 5.92 Å². The second-order valence-electron chi connectivity index (χ2n) is 6.35. The van der Waals surface area contributed by atoms with E-state index in [2.05, 4.69) is 22.9 Å². The molecule has 1 aromatic heterocycles. The minimum Gasteiger partial charge on any atom is -0.487 e. The molecule has 0 amide bonds. The van der Waals surface area contributed by atoms with Gasteiger partial charge in [-0.3, -0.25) is 0 Å². The molecule has 25 heavy (non-hydrogen) atoms. The molecule has 0 radical (unpaired) electrons. The maximum atomic E-state index is 9.35. The molecule has 6 heteroatoms. The van der Waals surface area contributed by atoms with Crippen molar-refractivity contribution in [2.24, 2.45) is 0 Å². The van der Waals surface area contributed by atoms with Gasteiger partial charge in [-0.15, -0.1) is 0 Å². The van der Waals surface area contributed by atoms with Crippen LogP contribution in [-0.4, -0.2) is 50.2 Å². The molecule has 1 aromatic rings. The Balaban J connectivity index is 2.02. The molecule has 6 nitrogen and oxygen atoms in total. The molecule has 2 rings (SSSR count). The van der Waals surface area contributed by atoms with Crippen molar-refractivity contribution in [3.05, 3.63) is 23.5 Å². The number of nitrogens with zero attached hydrogens (tertiary/aromatic N) is 2. The predicted octanol–water partition coefficient (Wildman–Crippen LogP) is 2.30. The predicted molar refractivity (Wildman–Crippen MR) is 92.2 cm³/mol. The number of nitriles is 1. The summed E-state index contributed by atoms with van der Waals surface area (Å²) in [6.45, 7) is 4.73. The summed E-state index contributed by atoms with van der Waals surface area (Å²) in [7, 11) is 3.31. The summed E-state index contributed by atoms with van der Waals surface area (Å²) in [5.74, 6) is 6.47. The highest BCUT2D eigenvalue weighted by Gasteiger charge is 2.31. The Kier molecular flexibility index (Phi) is 6.78. The summed E-state index contributed by atoms with van der Waals surface area (Å²) < 4.78 is 21.6. The Hall–Kier alpha value is -2.12. The maximum absolute atomic E-state index is 9.35. The van der Waals surface area contributed by atoms with Crippen LogP contribution in [0.4, 0.5) is 0 Å². The van der Waals surface area contributed by atoms with Gasteiger partial charge in [0, 0.05) is 27.1 Å². The molecule has 0 unspecified atom stereocenters. The van der Waals surface area contributed by atoms with E-state index < -0.39 is 5.60 Å². The Bertz CT molecular complexity index is 679. The van der Waals surface area contributed by atoms with E-state index in [1.54, 1.807) is 26.5 Å². The molecule has 1 aliphatic rings. The van der Waals surface area contributed by atoms with E-state index in [1.807, 2.05) is 13.8 Å². The standard InChI is InChI=1S/C19H24N2O4/c1-19(2,24-8-7-22-3)6-5-15-9-14(12-20)18(13-21-15)25-17-10-16(11-17)23-4/h9,13,16-17H,7-8,10-11H2,1-4H3. The Labute approximate surface area is 149 Å². The zero-order valence-corrected chi connectivity index (χ0v) is 15.2. The fraction of sp³-hybridized carbons (Fsp3) is 0.579. The Morgan fingerprint density at radius 2 is 2.00 bits per heavy atom. The average Bonchev–Trinajstić information content (AvgIpc) is 2.56. The SMILES string of the molecule is COCCOC(C)(C)C#Cc1cc(C#N)c(OC2CC(OC)C2)cn1. The van der Waals surface area contributed by atoms with Crippen molar-refractivity contribution in [2.45, 2.75) is 44.5 Å². The number of pyridine rings is 1. The van der Waals surface area contributed by atoms with Gasteiger partial charge in [-0.05, 0) is 25.8 Å². The van der Waals surface area contributed by atoms with E-state index in [-0.39, 0.29) is 12.2 Å². The van der Waals surface area contributed by atoms with Crippen molar-refractivity contribution in [1.82, 2.24) is 4.98 Å². The molecule has 0 saturated heterocycles. The highest BCUT2D eigenvalue weighted by molar-refractivity contribution is 5.46. The van der Waals surface area contributed by atoms with E-state index >= 15 is 0 Å². The van der Waals surface area contributed by atoms with Gasteiger partial charge in [0.25, 0.3) is 0 Å². The van der Waals surface area contributed by atoms with Gasteiger partial charge in [-0.25, -0.2) is 4.98 Å². The quantitative estimate of drug-likeness (QED) is 0.558. The fourth-order valence-electron chi connectivity index (χ4n) is 2.31. The summed E-state index contributed by atoms with van der Waals surface area (Å²) in [4.78, 5) is 4.28. The lowest BCUT2D eigenvalue weighted by Crippen LogP contribution is -2.39. The average molecular weight is 344 g/mol. The minimum atomic E-state index is -0.622. The summed E-state index contributed by atoms with van der Waals surface area (Å²) in [5.41, 5.74) is 0.317. The van der Waals surface area contributed by atoms with Crippen LogP contribution in [-0.2, 0) is 14.2 Å². The molecule has 0 N–H and O–H groups in total. The minimum absolute atomic E-state index is 0.0731. The molecule has 1 fully saturated rings. The van der Waals surface area contributed by atoms with E-state index in [0.29, 0.717) is 30.2 Å². The second-order valence-corrected chi connectivity index (χ2v) is 6.35. The van der Waals surface area contributed by atoms with Crippen LogP contribution in [0.2, 0.25) is 0 Å². The second kappa shape index (κ2) is 8.82. The summed E-state index contributed by atoms with van der Waals surface area (Å²) in [6, 6.07) is 3.78. The molecule has 0 atom stereocenters. The zero-order valence-electron chi connectivity index (χ0n) is 15.2. The van der Waals surface area contributed by atoms with Crippen LogP contribution in [0.1, 0.15) is 37.9 Å². The van der Waals surface area contributed by atoms with Crippen molar-refractivity contribution in [1.29, 1.82) is 5.26 Å². The lowest BCUT2D eigenvalue weighted by atomic mass is 9.92. The molecule has 0 spiro atoms. The molecular formula is C19H24N2O4. The third-order valence-corrected chi connectivity index (χ3v) is 3.91. The van der Waals surface area contributed by atoms with Crippen molar-refractivity contribution >= 4 is 0 Å². The van der Waals surface area contributed by atoms with Crippen LogP contribution < -0.4 is 4.74 Å². The first kappa shape index (κ1) is 19.2. The van der Waals surface area contributed by atoms with Gasteiger partial charge < -0.3 is 18.9 Å². The van der Waals surface area contributed by atoms with Gasteiger partial charge in [0.15, 0.2) is 5.75 Å². The Morgan fingerprint density at radius 1 is 1.24 bits per heavy atom. The maximum Gasteiger partial charge on any atom is 0.155 e. The first-order valence-electron chi connectivity index (χ1n) is 8.23. The first-order chi connectivity index (χ1) is 12.0. The van der Waals surface area contributed by atoms with Crippen LogP contribution in [0.5, 0.6) is 5.75 Å². The summed E-state index contributed by atoms with van der Waals surface area (Å²) in [6.07, 6.45) is 3.53. The molecule has 1 aliphatic carbocycles. The number of ether oxygens (including phenoxy) is 4. The van der Waals surface area contributed by atoms with E-state index in [4.69, 9.17) is 18.9 Å². The Morgan fingerprint density at radius 3 is 2.64 bits per heavy atom. The van der Waals surface area contributed by atoms with E-state index in [9.17, 15) is 5.26 Å². The van der Waals surface area contributed by atoms with Gasteiger partial charge in [-0.2, -0.15) is 5.26 Å². The smallest absolute Gasteiger partial charge is 0.155 e. The summed E-state index contributed by atoms with van der Waals surface area (Å²) >= 11 is 0. The van der Waals surface area contributed by atoms with Crippen molar-refractivity contribution < 1.29 is 18.9 Å². The van der Waals surface area contributed by atoms with E-state index in [1.165, 1.54) is 0 Å². The van der Waals surface area contributed by atoms with E-state index in [0.717, 1.165) is 12.8 Å². The van der Waals surface area contributed by atoms with Crippen LogP contribution in [0, 0.1) is 23.2 Å². The zero-order chi connectivity index (χ0) is 18.3. The van der Waals surface area contributed by atoms with Gasteiger partial charge >= 0.3 is 0 Å². The first-order valence-corrected chi connectivity index (χ1v) is 8.23. The monoisotopic (exact) mass is 344 g/mol. The van der Waals surface area contributed by atoms with Crippen LogP contribution in [0.3, 0.4) is 0 Å². The number of methoxy groups -OCH3 is 2. The molecule has 134 valence electrons. The molecule has 1 saturated carbocycles. The normalized spacial score (nSPS) is 19.3. The molecule has 0 aliphatic heterocycles. The lowest BCUT2D eigenvalue weighted by molar-refractivity contribution is -0.0383. The van der Waals surface area contributed by atoms with Gasteiger partial charge in [0.1, 0.15) is 23.5 Å². The number of rotatable bonds is 7. The van der Waals surface area contributed by atoms with Gasteiger partial charge in [0.05, 0.1) is 31.1 Å². The van der Waals surface area contributed by atoms with Gasteiger partial charge in [0.2, 0.25) is 0 Å². The molecule has 0 aromatic carbocycles. The van der Waals surface area contributed by atoms with Crippen molar-refractivity contribution in [2.75, 3.05) is 27.4 Å². The van der Waals surface area contributed by atoms with Crippen molar-refractivity contribution in [3.8, 4) is 23.7 Å². The number of aromatic nitrogens is 1. The van der Waals surface area contributed by atoms with Crippen LogP contribution in [0.15, 0.2) is 12.3 Å². The van der Waals surface area contributed by atoms with Crippen molar-refractivity contribution in [3.63, 3.8) is 0 Å². The fourth-order valence-corrected chi connectivity index (χ4v) is 2.31. The highest BCUT2D eigenvalue weighted by Crippen LogP contribution is 2.29. The number of hydrogen-bond acceptors (Lipinski definition) is 6. The van der Waals surface area contributed by atoms with Crippen LogP contribution in [0.25, 0.3) is 0 Å².